The van der Waals surface area contributed by atoms with E-state index in [9.17, 15) is 0 Å². The highest BCUT2D eigenvalue weighted by Crippen LogP contribution is 2.42. The van der Waals surface area contributed by atoms with Gasteiger partial charge in [-0.3, -0.25) is 4.98 Å². The number of benzene rings is 8. The molecule has 2 heterocycles. The highest BCUT2D eigenvalue weighted by atomic mass is 14.9. The van der Waals surface area contributed by atoms with Crippen LogP contribution in [0.15, 0.2) is 188 Å². The molecular weight excluding hydrogens is 631 g/mol. The Balaban J connectivity index is 1.11. The summed E-state index contributed by atoms with van der Waals surface area (Å²) in [4.78, 5) is 14.6. The largest absolute Gasteiger partial charge is 0.264 e. The van der Waals surface area contributed by atoms with Gasteiger partial charge in [0.1, 0.15) is 0 Å². The summed E-state index contributed by atoms with van der Waals surface area (Å²) in [6, 6.07) is 62.5. The maximum atomic E-state index is 5.18. The van der Waals surface area contributed by atoms with Crippen LogP contribution in [0.5, 0.6) is 0 Å². The van der Waals surface area contributed by atoms with Crippen LogP contribution in [0.4, 0.5) is 0 Å². The first-order valence-corrected chi connectivity index (χ1v) is 17.6. The second kappa shape index (κ2) is 12.4. The Morgan fingerprint density at radius 3 is 1.48 bits per heavy atom. The van der Waals surface area contributed by atoms with Crippen molar-refractivity contribution in [1.29, 1.82) is 0 Å². The van der Waals surface area contributed by atoms with Crippen molar-refractivity contribution in [2.45, 2.75) is 0 Å². The number of nitrogens with zero attached hydrogens (tertiary/aromatic N) is 3. The molecule has 0 bridgehead atoms. The molecule has 10 aromatic rings. The molecule has 0 N–H and O–H groups in total. The number of aromatic nitrogens is 3. The fraction of sp³-hybridized carbons (Fsp3) is 0. The van der Waals surface area contributed by atoms with Gasteiger partial charge in [-0.05, 0) is 83.9 Å². The Morgan fingerprint density at radius 1 is 0.327 bits per heavy atom. The zero-order valence-corrected chi connectivity index (χ0v) is 28.2. The molecule has 0 aliphatic heterocycles. The minimum Gasteiger partial charge on any atom is -0.264 e. The minimum absolute atomic E-state index is 0.694. The van der Waals surface area contributed by atoms with Crippen LogP contribution in [-0.4, -0.2) is 15.0 Å². The van der Waals surface area contributed by atoms with Gasteiger partial charge < -0.3 is 0 Å². The third kappa shape index (κ3) is 5.19. The number of rotatable bonds is 6. The van der Waals surface area contributed by atoms with E-state index in [2.05, 4.69) is 169 Å². The summed E-state index contributed by atoms with van der Waals surface area (Å²) in [6.07, 6.45) is 3.69. The normalized spacial score (nSPS) is 11.5. The topological polar surface area (TPSA) is 38.7 Å². The van der Waals surface area contributed by atoms with Gasteiger partial charge in [-0.1, -0.05) is 158 Å². The summed E-state index contributed by atoms with van der Waals surface area (Å²) < 4.78 is 0. The molecule has 0 radical (unpaired) electrons. The molecule has 0 saturated heterocycles. The molecule has 52 heavy (non-hydrogen) atoms. The van der Waals surface area contributed by atoms with Gasteiger partial charge in [0.2, 0.25) is 0 Å². The van der Waals surface area contributed by atoms with Crippen molar-refractivity contribution >= 4 is 32.3 Å². The van der Waals surface area contributed by atoms with Crippen LogP contribution < -0.4 is 0 Å². The van der Waals surface area contributed by atoms with Crippen molar-refractivity contribution in [2.24, 2.45) is 0 Å². The van der Waals surface area contributed by atoms with E-state index in [0.717, 1.165) is 44.8 Å². The maximum Gasteiger partial charge on any atom is 0.160 e. The molecule has 10 rings (SSSR count). The van der Waals surface area contributed by atoms with Crippen molar-refractivity contribution < 1.29 is 0 Å². The highest BCUT2D eigenvalue weighted by Gasteiger charge is 2.16. The molecule has 242 valence electrons. The van der Waals surface area contributed by atoms with Gasteiger partial charge >= 0.3 is 0 Å². The van der Waals surface area contributed by atoms with E-state index in [4.69, 9.17) is 9.97 Å². The van der Waals surface area contributed by atoms with Crippen LogP contribution in [0.2, 0.25) is 0 Å². The van der Waals surface area contributed by atoms with Crippen molar-refractivity contribution in [2.75, 3.05) is 0 Å². The molecule has 0 saturated carbocycles. The number of hydrogen-bond donors (Lipinski definition) is 0. The smallest absolute Gasteiger partial charge is 0.160 e. The zero-order valence-electron chi connectivity index (χ0n) is 28.2. The lowest BCUT2D eigenvalue weighted by Gasteiger charge is -2.17. The Hall–Kier alpha value is -6.97. The zero-order chi connectivity index (χ0) is 34.4. The molecule has 0 aliphatic carbocycles. The third-order valence-electron chi connectivity index (χ3n) is 10.2. The van der Waals surface area contributed by atoms with Crippen LogP contribution >= 0.6 is 0 Å². The van der Waals surface area contributed by atoms with Crippen LogP contribution in [-0.2, 0) is 0 Å². The standard InChI is InChI=1S/C49H31N3/c1-3-9-33(10-4-1)41-24-20-36-23-27-44-42(25-21-37-22-26-43(41)47(36)48(37)44)38-13-7-14-39(29-38)49-51-45(34-11-5-2-6-12-34)30-46(52-49)35-18-16-32(17-19-35)40-15-8-28-50-31-40/h1-31H. The lowest BCUT2D eigenvalue weighted by Crippen LogP contribution is -1.96. The quantitative estimate of drug-likeness (QED) is 0.166. The van der Waals surface area contributed by atoms with E-state index in [1.54, 1.807) is 6.20 Å². The average molecular weight is 662 g/mol. The van der Waals surface area contributed by atoms with Crippen LogP contribution in [0.3, 0.4) is 0 Å². The fourth-order valence-corrected chi connectivity index (χ4v) is 7.60. The van der Waals surface area contributed by atoms with Gasteiger partial charge in [-0.2, -0.15) is 0 Å². The predicted molar refractivity (Wildman–Crippen MR) is 216 cm³/mol. The lowest BCUT2D eigenvalue weighted by atomic mass is 9.87. The van der Waals surface area contributed by atoms with Crippen LogP contribution in [0, 0.1) is 0 Å². The molecule has 3 nitrogen and oxygen atoms in total. The molecular formula is C49H31N3. The first-order valence-electron chi connectivity index (χ1n) is 17.6. The maximum absolute atomic E-state index is 5.18. The second-order valence-corrected chi connectivity index (χ2v) is 13.2. The Kier molecular flexibility index (Phi) is 7.14. The average Bonchev–Trinajstić information content (AvgIpc) is 3.23. The van der Waals surface area contributed by atoms with Gasteiger partial charge in [0.05, 0.1) is 11.4 Å². The summed E-state index contributed by atoms with van der Waals surface area (Å²) in [5.74, 6) is 0.694. The third-order valence-corrected chi connectivity index (χ3v) is 10.2. The monoisotopic (exact) mass is 661 g/mol. The summed E-state index contributed by atoms with van der Waals surface area (Å²) in [7, 11) is 0. The fourth-order valence-electron chi connectivity index (χ4n) is 7.60. The molecule has 0 fully saturated rings. The van der Waals surface area contributed by atoms with Gasteiger partial charge in [-0.25, -0.2) is 9.97 Å². The molecule has 2 aromatic heterocycles. The van der Waals surface area contributed by atoms with E-state index in [1.165, 1.54) is 49.0 Å². The summed E-state index contributed by atoms with van der Waals surface area (Å²) in [5, 5.41) is 7.63. The van der Waals surface area contributed by atoms with Gasteiger partial charge in [0, 0.05) is 29.1 Å². The van der Waals surface area contributed by atoms with E-state index in [-0.39, 0.29) is 0 Å². The SMILES string of the molecule is c1ccc(-c2cc(-c3ccc(-c4cccnc4)cc3)nc(-c3cccc(-c4ccc5ccc6c(-c7ccccc7)ccc7ccc4c5c76)c3)n2)cc1. The van der Waals surface area contributed by atoms with Crippen LogP contribution in [0.25, 0.3) is 99.6 Å². The molecule has 0 aliphatic rings. The van der Waals surface area contributed by atoms with Gasteiger partial charge in [0.25, 0.3) is 0 Å². The Bertz CT molecular complexity index is 2870. The van der Waals surface area contributed by atoms with Gasteiger partial charge in [0.15, 0.2) is 5.82 Å². The predicted octanol–water partition coefficient (Wildman–Crippen LogP) is 12.8. The van der Waals surface area contributed by atoms with Crippen LogP contribution in [0.1, 0.15) is 0 Å². The lowest BCUT2D eigenvalue weighted by molar-refractivity contribution is 1.18. The van der Waals surface area contributed by atoms with Crippen molar-refractivity contribution in [3.8, 4) is 67.3 Å². The highest BCUT2D eigenvalue weighted by molar-refractivity contribution is 6.27. The molecule has 8 aromatic carbocycles. The first-order chi connectivity index (χ1) is 25.8. The summed E-state index contributed by atoms with van der Waals surface area (Å²) in [5.41, 5.74) is 11.8. The van der Waals surface area contributed by atoms with Gasteiger partial charge in [-0.15, -0.1) is 0 Å². The van der Waals surface area contributed by atoms with E-state index < -0.39 is 0 Å². The summed E-state index contributed by atoms with van der Waals surface area (Å²) in [6.45, 7) is 0. The molecule has 0 unspecified atom stereocenters. The first kappa shape index (κ1) is 29.9. The number of pyridine rings is 1. The second-order valence-electron chi connectivity index (χ2n) is 13.2. The van der Waals surface area contributed by atoms with E-state index in [1.807, 2.05) is 18.3 Å². The Labute approximate surface area is 301 Å². The van der Waals surface area contributed by atoms with Crippen molar-refractivity contribution in [1.82, 2.24) is 15.0 Å². The molecule has 0 spiro atoms. The molecule has 0 amide bonds. The van der Waals surface area contributed by atoms with Crippen molar-refractivity contribution in [3.05, 3.63) is 188 Å². The van der Waals surface area contributed by atoms with Crippen molar-refractivity contribution in [3.63, 3.8) is 0 Å². The Morgan fingerprint density at radius 2 is 0.846 bits per heavy atom. The van der Waals surface area contributed by atoms with E-state index >= 15 is 0 Å². The molecule has 0 atom stereocenters. The number of hydrogen-bond acceptors (Lipinski definition) is 3. The van der Waals surface area contributed by atoms with E-state index in [0.29, 0.717) is 5.82 Å². The summed E-state index contributed by atoms with van der Waals surface area (Å²) >= 11 is 0. The minimum atomic E-state index is 0.694. The molecule has 3 heteroatoms.